The van der Waals surface area contributed by atoms with Crippen LogP contribution in [0.25, 0.3) is 0 Å². The van der Waals surface area contributed by atoms with E-state index in [9.17, 15) is 4.79 Å². The second-order valence-electron chi connectivity index (χ2n) is 8.33. The van der Waals surface area contributed by atoms with Crippen LogP contribution in [0.3, 0.4) is 0 Å². The van der Waals surface area contributed by atoms with Crippen LogP contribution in [0.5, 0.6) is 5.75 Å². The molecule has 0 bridgehead atoms. The van der Waals surface area contributed by atoms with Crippen molar-refractivity contribution >= 4 is 5.91 Å². The summed E-state index contributed by atoms with van der Waals surface area (Å²) < 4.78 is 5.79. The van der Waals surface area contributed by atoms with Gasteiger partial charge in [-0.3, -0.25) is 4.79 Å². The van der Waals surface area contributed by atoms with Crippen molar-refractivity contribution in [1.29, 1.82) is 0 Å². The number of carbonyl (C=O) groups excluding carboxylic acids is 1. The van der Waals surface area contributed by atoms with Crippen molar-refractivity contribution < 1.29 is 9.53 Å². The SMILES string of the molecule is CN(C)C1CCCN(C(=O)CCCOc2ccc(C(C)(C)C)cc2)C1. The number of likely N-dealkylation sites (N-methyl/N-ethyl adjacent to an activating group) is 1. The molecule has 1 aromatic rings. The third-order valence-corrected chi connectivity index (χ3v) is 5.00. The number of carbonyl (C=O) groups is 1. The lowest BCUT2D eigenvalue weighted by molar-refractivity contribution is -0.133. The highest BCUT2D eigenvalue weighted by molar-refractivity contribution is 5.76. The Bertz CT molecular complexity index is 546. The Labute approximate surface area is 153 Å². The standard InChI is InChI=1S/C21H34N2O2/c1-21(2,3)17-10-12-19(13-11-17)25-15-7-9-20(24)23-14-6-8-18(16-23)22(4)5/h10-13,18H,6-9,14-16H2,1-5H3. The molecule has 1 atom stereocenters. The number of hydrogen-bond acceptors (Lipinski definition) is 3. The van der Waals surface area contributed by atoms with Crippen LogP contribution in [0.4, 0.5) is 0 Å². The fourth-order valence-electron chi connectivity index (χ4n) is 3.23. The number of hydrogen-bond donors (Lipinski definition) is 0. The summed E-state index contributed by atoms with van der Waals surface area (Å²) in [7, 11) is 4.19. The zero-order valence-electron chi connectivity index (χ0n) is 16.5. The van der Waals surface area contributed by atoms with Gasteiger partial charge < -0.3 is 14.5 Å². The Morgan fingerprint density at radius 1 is 1.24 bits per heavy atom. The van der Waals surface area contributed by atoms with Crippen LogP contribution in [-0.2, 0) is 10.2 Å². The van der Waals surface area contributed by atoms with Crippen LogP contribution >= 0.6 is 0 Å². The van der Waals surface area contributed by atoms with E-state index in [0.717, 1.165) is 31.7 Å². The molecule has 1 heterocycles. The summed E-state index contributed by atoms with van der Waals surface area (Å²) in [4.78, 5) is 16.6. The molecule has 1 aliphatic heterocycles. The van der Waals surface area contributed by atoms with Gasteiger partial charge in [-0.25, -0.2) is 0 Å². The summed E-state index contributed by atoms with van der Waals surface area (Å²) in [6.45, 7) is 8.96. The Balaban J connectivity index is 1.71. The van der Waals surface area contributed by atoms with Crippen molar-refractivity contribution in [3.63, 3.8) is 0 Å². The van der Waals surface area contributed by atoms with Gasteiger partial charge in [-0.15, -0.1) is 0 Å². The minimum Gasteiger partial charge on any atom is -0.494 e. The maximum atomic E-state index is 12.4. The molecule has 1 aromatic carbocycles. The molecule has 0 saturated carbocycles. The molecular formula is C21H34N2O2. The summed E-state index contributed by atoms with van der Waals surface area (Å²) >= 11 is 0. The van der Waals surface area contributed by atoms with Crippen LogP contribution in [0.1, 0.15) is 52.0 Å². The van der Waals surface area contributed by atoms with Gasteiger partial charge in [0.05, 0.1) is 6.61 Å². The second kappa shape index (κ2) is 8.70. The van der Waals surface area contributed by atoms with E-state index < -0.39 is 0 Å². The van der Waals surface area contributed by atoms with Crippen LogP contribution < -0.4 is 4.74 Å². The maximum Gasteiger partial charge on any atom is 0.222 e. The van der Waals surface area contributed by atoms with Crippen molar-refractivity contribution in [1.82, 2.24) is 9.80 Å². The minimum absolute atomic E-state index is 0.157. The van der Waals surface area contributed by atoms with Gasteiger partial charge in [-0.2, -0.15) is 0 Å². The van der Waals surface area contributed by atoms with Gasteiger partial charge >= 0.3 is 0 Å². The van der Waals surface area contributed by atoms with Crippen molar-refractivity contribution in [3.05, 3.63) is 29.8 Å². The number of rotatable bonds is 6. The minimum atomic E-state index is 0.157. The highest BCUT2D eigenvalue weighted by Gasteiger charge is 2.24. The lowest BCUT2D eigenvalue weighted by atomic mass is 9.87. The molecule has 0 N–H and O–H groups in total. The lowest BCUT2D eigenvalue weighted by Crippen LogP contribution is -2.47. The fraction of sp³-hybridized carbons (Fsp3) is 0.667. The average molecular weight is 347 g/mol. The molecule has 0 aliphatic carbocycles. The monoisotopic (exact) mass is 346 g/mol. The van der Waals surface area contributed by atoms with Crippen molar-refractivity contribution in [2.24, 2.45) is 0 Å². The summed E-state index contributed by atoms with van der Waals surface area (Å²) in [6, 6.07) is 8.78. The number of benzene rings is 1. The number of ether oxygens (including phenoxy) is 1. The topological polar surface area (TPSA) is 32.8 Å². The molecule has 1 saturated heterocycles. The highest BCUT2D eigenvalue weighted by Crippen LogP contribution is 2.24. The lowest BCUT2D eigenvalue weighted by Gasteiger charge is -2.36. The van der Waals surface area contributed by atoms with E-state index in [-0.39, 0.29) is 11.3 Å². The first-order valence-electron chi connectivity index (χ1n) is 9.45. The number of likely N-dealkylation sites (tertiary alicyclic amines) is 1. The van der Waals surface area contributed by atoms with Gasteiger partial charge in [0.1, 0.15) is 5.75 Å². The Hall–Kier alpha value is -1.55. The molecule has 0 aromatic heterocycles. The quantitative estimate of drug-likeness (QED) is 0.737. The van der Waals surface area contributed by atoms with Gasteiger partial charge in [-0.05, 0) is 56.5 Å². The number of amides is 1. The predicted molar refractivity (Wildman–Crippen MR) is 103 cm³/mol. The summed E-state index contributed by atoms with van der Waals surface area (Å²) in [6.07, 6.45) is 3.62. The normalized spacial score (nSPS) is 18.5. The van der Waals surface area contributed by atoms with Crippen molar-refractivity contribution in [2.45, 2.75) is 57.9 Å². The summed E-state index contributed by atoms with van der Waals surface area (Å²) in [5.41, 5.74) is 1.46. The molecule has 4 nitrogen and oxygen atoms in total. The first-order chi connectivity index (χ1) is 11.8. The molecule has 4 heteroatoms. The third-order valence-electron chi connectivity index (χ3n) is 5.00. The predicted octanol–water partition coefficient (Wildman–Crippen LogP) is 3.70. The molecular weight excluding hydrogens is 312 g/mol. The largest absolute Gasteiger partial charge is 0.494 e. The van der Waals surface area contributed by atoms with Crippen LogP contribution in [-0.4, -0.2) is 55.5 Å². The number of piperidine rings is 1. The Morgan fingerprint density at radius 2 is 1.92 bits per heavy atom. The third kappa shape index (κ3) is 6.03. The van der Waals surface area contributed by atoms with E-state index in [1.54, 1.807) is 0 Å². The van der Waals surface area contributed by atoms with Crippen LogP contribution in [0.2, 0.25) is 0 Å². The van der Waals surface area contributed by atoms with Crippen molar-refractivity contribution in [3.8, 4) is 5.75 Å². The van der Waals surface area contributed by atoms with Gasteiger partial charge in [0, 0.05) is 25.6 Å². The van der Waals surface area contributed by atoms with Crippen LogP contribution in [0.15, 0.2) is 24.3 Å². The van der Waals surface area contributed by atoms with E-state index in [1.807, 2.05) is 17.0 Å². The zero-order chi connectivity index (χ0) is 18.4. The van der Waals surface area contributed by atoms with Gasteiger partial charge in [0.25, 0.3) is 0 Å². The molecule has 1 aliphatic rings. The Kier molecular flexibility index (Phi) is 6.88. The molecule has 2 rings (SSSR count). The molecule has 1 amide bonds. The molecule has 140 valence electrons. The first kappa shape index (κ1) is 19.8. The Morgan fingerprint density at radius 3 is 2.52 bits per heavy atom. The summed E-state index contributed by atoms with van der Waals surface area (Å²) in [5, 5.41) is 0. The van der Waals surface area contributed by atoms with E-state index >= 15 is 0 Å². The average Bonchev–Trinajstić information content (AvgIpc) is 2.58. The second-order valence-corrected chi connectivity index (χ2v) is 8.33. The molecule has 25 heavy (non-hydrogen) atoms. The van der Waals surface area contributed by atoms with Gasteiger partial charge in [-0.1, -0.05) is 32.9 Å². The van der Waals surface area contributed by atoms with Crippen molar-refractivity contribution in [2.75, 3.05) is 33.8 Å². The first-order valence-corrected chi connectivity index (χ1v) is 9.45. The van der Waals surface area contributed by atoms with E-state index in [2.05, 4.69) is 51.9 Å². The number of nitrogens with zero attached hydrogens (tertiary/aromatic N) is 2. The molecule has 0 spiro atoms. The molecule has 0 radical (unpaired) electrons. The summed E-state index contributed by atoms with van der Waals surface area (Å²) in [5.74, 6) is 1.14. The van der Waals surface area contributed by atoms with E-state index in [1.165, 1.54) is 12.0 Å². The van der Waals surface area contributed by atoms with Gasteiger partial charge in [0.15, 0.2) is 0 Å². The zero-order valence-corrected chi connectivity index (χ0v) is 16.5. The van der Waals surface area contributed by atoms with Crippen LogP contribution in [0, 0.1) is 0 Å². The van der Waals surface area contributed by atoms with E-state index in [0.29, 0.717) is 19.1 Å². The van der Waals surface area contributed by atoms with E-state index in [4.69, 9.17) is 4.74 Å². The molecule has 1 unspecified atom stereocenters. The smallest absolute Gasteiger partial charge is 0.222 e. The van der Waals surface area contributed by atoms with Gasteiger partial charge in [0.2, 0.25) is 5.91 Å². The highest BCUT2D eigenvalue weighted by atomic mass is 16.5. The molecule has 1 fully saturated rings. The fourth-order valence-corrected chi connectivity index (χ4v) is 3.23. The maximum absolute atomic E-state index is 12.4.